The number of rotatable bonds is 3. The maximum absolute atomic E-state index is 11.0. The molecule has 0 aromatic rings. The van der Waals surface area contributed by atoms with E-state index in [1.54, 1.807) is 0 Å². The van der Waals surface area contributed by atoms with Crippen LogP contribution in [0.2, 0.25) is 0 Å². The molecule has 0 aliphatic heterocycles. The van der Waals surface area contributed by atoms with Crippen molar-refractivity contribution in [3.05, 3.63) is 23.8 Å². The van der Waals surface area contributed by atoms with Gasteiger partial charge in [0.25, 0.3) is 0 Å². The molecule has 5 nitrogen and oxygen atoms in total. The number of hydrogen-bond acceptors (Lipinski definition) is 4. The van der Waals surface area contributed by atoms with Crippen LogP contribution in [0.15, 0.2) is 29.0 Å². The molecular formula is C22H31NO4. The summed E-state index contributed by atoms with van der Waals surface area (Å²) in [5, 5.41) is 23.7. The third-order valence-electron chi connectivity index (χ3n) is 8.49. The number of fused-ring (bicyclic) bond motifs is 5. The van der Waals surface area contributed by atoms with Gasteiger partial charge in [0.05, 0.1) is 5.60 Å². The summed E-state index contributed by atoms with van der Waals surface area (Å²) >= 11 is 0. The first-order chi connectivity index (χ1) is 12.7. The summed E-state index contributed by atoms with van der Waals surface area (Å²) in [7, 11) is 0. The highest BCUT2D eigenvalue weighted by atomic mass is 16.6. The molecule has 0 saturated heterocycles. The summed E-state index contributed by atoms with van der Waals surface area (Å²) in [6.07, 6.45) is 12.8. The van der Waals surface area contributed by atoms with E-state index in [0.29, 0.717) is 23.5 Å². The smallest absolute Gasteiger partial charge is 0.344 e. The lowest BCUT2D eigenvalue weighted by Crippen LogP contribution is -2.53. The minimum Gasteiger partial charge on any atom is -0.479 e. The molecule has 0 bridgehead atoms. The number of aliphatic hydroxyl groups is 1. The molecule has 0 radical (unpaired) electrons. The Bertz CT molecular complexity index is 737. The van der Waals surface area contributed by atoms with Crippen LogP contribution in [0, 0.1) is 28.6 Å². The third kappa shape index (κ3) is 2.77. The highest BCUT2D eigenvalue weighted by molar-refractivity contribution is 6.05. The zero-order valence-electron chi connectivity index (χ0n) is 16.6. The van der Waals surface area contributed by atoms with Crippen LogP contribution in [-0.4, -0.2) is 34.1 Å². The topological polar surface area (TPSA) is 79.1 Å². The van der Waals surface area contributed by atoms with Crippen molar-refractivity contribution < 1.29 is 19.8 Å². The molecule has 0 aromatic heterocycles. The standard InChI is InChI=1S/C22H31NO4/c1-20-9-6-15(23-27-13-19(24)25)12-14(20)4-5-16-17(20)7-10-21(2)18(16)8-11-22(21,3)26/h6,9,12,16-18,26H,4-5,7-8,10-11,13H2,1-3H3,(H,24,25)/t16-,17+,18+,20+,21+,22+/m1/s1. The van der Waals surface area contributed by atoms with Gasteiger partial charge in [-0.2, -0.15) is 0 Å². The molecular weight excluding hydrogens is 342 g/mol. The van der Waals surface area contributed by atoms with Gasteiger partial charge < -0.3 is 15.1 Å². The lowest BCUT2D eigenvalue weighted by molar-refractivity contribution is -0.142. The molecule has 0 spiro atoms. The Morgan fingerprint density at radius 1 is 1.22 bits per heavy atom. The summed E-state index contributed by atoms with van der Waals surface area (Å²) in [6, 6.07) is 0. The third-order valence-corrected chi connectivity index (χ3v) is 8.49. The number of carbonyl (C=O) groups is 1. The maximum atomic E-state index is 11.0. The largest absolute Gasteiger partial charge is 0.479 e. The van der Waals surface area contributed by atoms with Crippen LogP contribution in [0.3, 0.4) is 0 Å². The Hall–Kier alpha value is -1.62. The van der Waals surface area contributed by atoms with Crippen molar-refractivity contribution in [2.75, 3.05) is 6.61 Å². The predicted octanol–water partition coefficient (Wildman–Crippen LogP) is 3.93. The van der Waals surface area contributed by atoms with Crippen LogP contribution in [-0.2, 0) is 9.63 Å². The minimum atomic E-state index is -1.02. The van der Waals surface area contributed by atoms with Gasteiger partial charge in [-0.3, -0.25) is 0 Å². The van der Waals surface area contributed by atoms with Gasteiger partial charge in [0.1, 0.15) is 5.71 Å². The number of hydrogen-bond donors (Lipinski definition) is 2. The average Bonchev–Trinajstić information content (AvgIpc) is 2.84. The Balaban J connectivity index is 1.57. The molecule has 4 rings (SSSR count). The molecule has 148 valence electrons. The predicted molar refractivity (Wildman–Crippen MR) is 103 cm³/mol. The zero-order chi connectivity index (χ0) is 19.4. The molecule has 5 heteroatoms. The molecule has 0 heterocycles. The van der Waals surface area contributed by atoms with Crippen LogP contribution < -0.4 is 0 Å². The molecule has 4 aliphatic rings. The maximum Gasteiger partial charge on any atom is 0.344 e. The van der Waals surface area contributed by atoms with Crippen LogP contribution >= 0.6 is 0 Å². The summed E-state index contributed by atoms with van der Waals surface area (Å²) in [4.78, 5) is 15.5. The van der Waals surface area contributed by atoms with E-state index in [1.807, 2.05) is 13.0 Å². The Morgan fingerprint density at radius 2 is 1.96 bits per heavy atom. The molecule has 3 fully saturated rings. The fraction of sp³-hybridized carbons (Fsp3) is 0.727. The number of carboxylic acid groups (broad SMARTS) is 1. The molecule has 6 atom stereocenters. The molecule has 0 unspecified atom stereocenters. The summed E-state index contributed by atoms with van der Waals surface area (Å²) in [6.45, 7) is 6.29. The fourth-order valence-corrected chi connectivity index (χ4v) is 6.67. The van der Waals surface area contributed by atoms with Crippen molar-refractivity contribution in [2.24, 2.45) is 33.7 Å². The summed E-state index contributed by atoms with van der Waals surface area (Å²) in [5.74, 6) is 0.843. The Morgan fingerprint density at radius 3 is 2.70 bits per heavy atom. The number of oxime groups is 1. The van der Waals surface area contributed by atoms with E-state index >= 15 is 0 Å². The Kier molecular flexibility index (Phi) is 4.30. The van der Waals surface area contributed by atoms with Crippen molar-refractivity contribution in [2.45, 2.75) is 64.9 Å². The molecule has 4 aliphatic carbocycles. The minimum absolute atomic E-state index is 0.0323. The zero-order valence-corrected chi connectivity index (χ0v) is 16.6. The van der Waals surface area contributed by atoms with E-state index in [1.165, 1.54) is 12.0 Å². The van der Waals surface area contributed by atoms with E-state index in [4.69, 9.17) is 9.94 Å². The summed E-state index contributed by atoms with van der Waals surface area (Å²) in [5.41, 5.74) is 1.62. The first kappa shape index (κ1) is 18.7. The van der Waals surface area contributed by atoms with Gasteiger partial charge in [0.15, 0.2) is 0 Å². The van der Waals surface area contributed by atoms with Gasteiger partial charge in [-0.25, -0.2) is 4.79 Å². The second-order valence-corrected chi connectivity index (χ2v) is 9.65. The van der Waals surface area contributed by atoms with Gasteiger partial charge in [-0.05, 0) is 80.8 Å². The molecule has 0 amide bonds. The quantitative estimate of drug-likeness (QED) is 0.735. The van der Waals surface area contributed by atoms with Gasteiger partial charge >= 0.3 is 5.97 Å². The van der Waals surface area contributed by atoms with Crippen molar-refractivity contribution in [3.63, 3.8) is 0 Å². The summed E-state index contributed by atoms with van der Waals surface area (Å²) < 4.78 is 0. The lowest BCUT2D eigenvalue weighted by Gasteiger charge is -2.58. The van der Waals surface area contributed by atoms with Gasteiger partial charge in [-0.15, -0.1) is 0 Å². The highest BCUT2D eigenvalue weighted by Crippen LogP contribution is 2.66. The van der Waals surface area contributed by atoms with Crippen molar-refractivity contribution in [1.29, 1.82) is 0 Å². The molecule has 27 heavy (non-hydrogen) atoms. The first-order valence-corrected chi connectivity index (χ1v) is 10.2. The van der Waals surface area contributed by atoms with Crippen molar-refractivity contribution in [3.8, 4) is 0 Å². The molecule has 2 N–H and O–H groups in total. The SMILES string of the molecule is C[C@]12C=CC(=NOCC(=O)O)C=C1CC[C@@H]1[C@@H]2CC[C@@]2(C)[C@H]1CC[C@]2(C)O. The fourth-order valence-electron chi connectivity index (χ4n) is 6.67. The first-order valence-electron chi connectivity index (χ1n) is 10.2. The van der Waals surface area contributed by atoms with Crippen molar-refractivity contribution in [1.82, 2.24) is 0 Å². The highest BCUT2D eigenvalue weighted by Gasteiger charge is 2.61. The van der Waals surface area contributed by atoms with E-state index in [9.17, 15) is 9.90 Å². The van der Waals surface area contributed by atoms with Gasteiger partial charge in [0, 0.05) is 5.41 Å². The normalized spacial score (nSPS) is 47.0. The van der Waals surface area contributed by atoms with E-state index in [-0.39, 0.29) is 10.8 Å². The monoisotopic (exact) mass is 373 g/mol. The number of aliphatic carboxylic acids is 1. The molecule has 3 saturated carbocycles. The number of allylic oxidation sites excluding steroid dienone is 4. The van der Waals surface area contributed by atoms with Gasteiger partial charge in [0.2, 0.25) is 6.61 Å². The van der Waals surface area contributed by atoms with E-state index in [0.717, 1.165) is 32.1 Å². The van der Waals surface area contributed by atoms with Crippen LogP contribution in [0.1, 0.15) is 59.3 Å². The second kappa shape index (κ2) is 6.20. The van der Waals surface area contributed by atoms with Crippen molar-refractivity contribution >= 4 is 11.7 Å². The van der Waals surface area contributed by atoms with Crippen LogP contribution in [0.4, 0.5) is 0 Å². The van der Waals surface area contributed by atoms with E-state index < -0.39 is 18.2 Å². The number of carboxylic acids is 1. The number of nitrogens with zero attached hydrogens (tertiary/aromatic N) is 1. The van der Waals surface area contributed by atoms with Crippen LogP contribution in [0.5, 0.6) is 0 Å². The molecule has 0 aromatic carbocycles. The Labute approximate surface area is 161 Å². The average molecular weight is 373 g/mol. The second-order valence-electron chi connectivity index (χ2n) is 9.65. The van der Waals surface area contributed by atoms with Gasteiger partial charge in [-0.1, -0.05) is 30.7 Å². The lowest BCUT2D eigenvalue weighted by atomic mass is 9.47. The van der Waals surface area contributed by atoms with E-state index in [2.05, 4.69) is 31.2 Å². The van der Waals surface area contributed by atoms with Crippen LogP contribution in [0.25, 0.3) is 0 Å².